The van der Waals surface area contributed by atoms with Gasteiger partial charge in [0.25, 0.3) is 5.91 Å². The second-order valence-corrected chi connectivity index (χ2v) is 7.16. The highest BCUT2D eigenvalue weighted by Gasteiger charge is 2.50. The van der Waals surface area contributed by atoms with Gasteiger partial charge in [0.05, 0.1) is 5.56 Å². The van der Waals surface area contributed by atoms with Gasteiger partial charge in [0.15, 0.2) is 0 Å². The molecule has 1 heterocycles. The van der Waals surface area contributed by atoms with Crippen molar-refractivity contribution in [1.82, 2.24) is 5.01 Å². The number of nitrogens with zero attached hydrogens (tertiary/aromatic N) is 2. The summed E-state index contributed by atoms with van der Waals surface area (Å²) < 4.78 is 34.6. The predicted octanol–water partition coefficient (Wildman–Crippen LogP) is 4.39. The number of benzene rings is 3. The van der Waals surface area contributed by atoms with Crippen LogP contribution in [0.2, 0.25) is 0 Å². The van der Waals surface area contributed by atoms with E-state index >= 15 is 0 Å². The van der Waals surface area contributed by atoms with E-state index in [2.05, 4.69) is 5.10 Å². The molecule has 3 aromatic carbocycles. The van der Waals surface area contributed by atoms with Crippen LogP contribution in [-0.2, 0) is 10.5 Å². The van der Waals surface area contributed by atoms with Gasteiger partial charge in [0.2, 0.25) is 11.6 Å². The number of amides is 1. The van der Waals surface area contributed by atoms with Gasteiger partial charge in [-0.1, -0.05) is 48.5 Å². The van der Waals surface area contributed by atoms with E-state index in [9.17, 15) is 13.6 Å². The first-order valence-corrected chi connectivity index (χ1v) is 9.93. The molecule has 1 aliphatic heterocycles. The van der Waals surface area contributed by atoms with E-state index in [4.69, 9.17) is 10.5 Å². The zero-order valence-electron chi connectivity index (χ0n) is 16.7. The maximum absolute atomic E-state index is 14.5. The molecule has 0 bridgehead atoms. The third-order valence-corrected chi connectivity index (χ3v) is 5.12. The molecule has 0 spiro atoms. The summed E-state index contributed by atoms with van der Waals surface area (Å²) in [4.78, 5) is 13.5. The lowest BCUT2D eigenvalue weighted by atomic mass is 9.95. The second kappa shape index (κ2) is 8.65. The standard InChI is InChI=1S/C24H21F2N3O2/c25-19-12-13-21(26)20(16-19)22-28-29(23(30)17-8-3-1-4-9-17)24(31-22,14-7-15-27)18-10-5-2-6-11-18/h1-6,8-13,16H,7,14-15,27H2. The number of nitrogens with two attached hydrogens (primary N) is 1. The molecule has 1 atom stereocenters. The fourth-order valence-electron chi connectivity index (χ4n) is 3.60. The molecule has 0 radical (unpaired) electrons. The van der Waals surface area contributed by atoms with Gasteiger partial charge in [0, 0.05) is 17.5 Å². The van der Waals surface area contributed by atoms with Crippen molar-refractivity contribution in [2.75, 3.05) is 6.54 Å². The Morgan fingerprint density at radius 1 is 1.00 bits per heavy atom. The van der Waals surface area contributed by atoms with Crippen LogP contribution in [0.15, 0.2) is 84.0 Å². The molecule has 0 fully saturated rings. The molecule has 0 aliphatic carbocycles. The summed E-state index contributed by atoms with van der Waals surface area (Å²) in [6.07, 6.45) is 0.831. The maximum atomic E-state index is 14.5. The Labute approximate surface area is 178 Å². The van der Waals surface area contributed by atoms with Crippen LogP contribution < -0.4 is 5.73 Å². The molecule has 0 saturated carbocycles. The average molecular weight is 421 g/mol. The highest BCUT2D eigenvalue weighted by molar-refractivity contribution is 6.00. The van der Waals surface area contributed by atoms with Gasteiger partial charge in [-0.2, -0.15) is 5.01 Å². The van der Waals surface area contributed by atoms with Gasteiger partial charge in [0.1, 0.15) is 11.6 Å². The van der Waals surface area contributed by atoms with Crippen molar-refractivity contribution in [3.05, 3.63) is 107 Å². The summed E-state index contributed by atoms with van der Waals surface area (Å²) in [5, 5.41) is 5.57. The lowest BCUT2D eigenvalue weighted by molar-refractivity contribution is -0.0594. The smallest absolute Gasteiger partial charge is 0.277 e. The molecule has 31 heavy (non-hydrogen) atoms. The summed E-state index contributed by atoms with van der Waals surface area (Å²) in [5.74, 6) is -1.92. The fourth-order valence-corrected chi connectivity index (χ4v) is 3.60. The first kappa shape index (κ1) is 20.7. The van der Waals surface area contributed by atoms with Gasteiger partial charge >= 0.3 is 0 Å². The normalized spacial score (nSPS) is 17.9. The number of halogens is 2. The average Bonchev–Trinajstić information content (AvgIpc) is 3.20. The Hall–Kier alpha value is -3.58. The summed E-state index contributed by atoms with van der Waals surface area (Å²) in [6, 6.07) is 20.7. The Morgan fingerprint density at radius 3 is 2.35 bits per heavy atom. The maximum Gasteiger partial charge on any atom is 0.277 e. The Kier molecular flexibility index (Phi) is 5.77. The van der Waals surface area contributed by atoms with Crippen LogP contribution in [0.4, 0.5) is 8.78 Å². The zero-order valence-corrected chi connectivity index (χ0v) is 16.7. The first-order chi connectivity index (χ1) is 15.0. The molecule has 7 heteroatoms. The van der Waals surface area contributed by atoms with Crippen LogP contribution in [0.3, 0.4) is 0 Å². The second-order valence-electron chi connectivity index (χ2n) is 7.16. The molecular formula is C24H21F2N3O2. The van der Waals surface area contributed by atoms with Crippen molar-refractivity contribution in [1.29, 1.82) is 0 Å². The number of hydrazone groups is 1. The minimum atomic E-state index is -1.35. The highest BCUT2D eigenvalue weighted by Crippen LogP contribution is 2.41. The Bertz CT molecular complexity index is 1110. The lowest BCUT2D eigenvalue weighted by Crippen LogP contribution is -2.45. The number of rotatable bonds is 6. The van der Waals surface area contributed by atoms with E-state index in [-0.39, 0.29) is 11.5 Å². The van der Waals surface area contributed by atoms with E-state index in [1.165, 1.54) is 5.01 Å². The number of carbonyl (C=O) groups is 1. The van der Waals surface area contributed by atoms with Crippen molar-refractivity contribution in [2.45, 2.75) is 18.6 Å². The predicted molar refractivity (Wildman–Crippen MR) is 113 cm³/mol. The van der Waals surface area contributed by atoms with Crippen LogP contribution in [0.5, 0.6) is 0 Å². The van der Waals surface area contributed by atoms with E-state index in [0.29, 0.717) is 30.5 Å². The molecule has 3 aromatic rings. The minimum Gasteiger partial charge on any atom is -0.443 e. The van der Waals surface area contributed by atoms with Gasteiger partial charge in [-0.05, 0) is 43.3 Å². The molecule has 1 amide bonds. The van der Waals surface area contributed by atoms with E-state index in [0.717, 1.165) is 18.2 Å². The van der Waals surface area contributed by atoms with E-state index in [1.807, 2.05) is 30.3 Å². The monoisotopic (exact) mass is 421 g/mol. The molecule has 5 nitrogen and oxygen atoms in total. The van der Waals surface area contributed by atoms with Crippen LogP contribution in [-0.4, -0.2) is 23.4 Å². The number of ether oxygens (including phenoxy) is 1. The van der Waals surface area contributed by atoms with Crippen molar-refractivity contribution in [3.8, 4) is 0 Å². The minimum absolute atomic E-state index is 0.156. The quantitative estimate of drug-likeness (QED) is 0.642. The summed E-state index contributed by atoms with van der Waals surface area (Å²) in [6.45, 7) is 0.356. The fraction of sp³-hybridized carbons (Fsp3) is 0.167. The summed E-state index contributed by atoms with van der Waals surface area (Å²) in [7, 11) is 0. The largest absolute Gasteiger partial charge is 0.443 e. The van der Waals surface area contributed by atoms with Crippen LogP contribution in [0.1, 0.15) is 34.3 Å². The van der Waals surface area contributed by atoms with Crippen LogP contribution >= 0.6 is 0 Å². The topological polar surface area (TPSA) is 67.9 Å². The molecule has 4 rings (SSSR count). The van der Waals surface area contributed by atoms with Gasteiger partial charge in [-0.25, -0.2) is 8.78 Å². The third kappa shape index (κ3) is 3.92. The molecule has 1 aliphatic rings. The molecule has 0 aromatic heterocycles. The number of carbonyl (C=O) groups excluding carboxylic acids is 1. The molecular weight excluding hydrogens is 400 g/mol. The van der Waals surface area contributed by atoms with Crippen molar-refractivity contribution < 1.29 is 18.3 Å². The van der Waals surface area contributed by atoms with Crippen LogP contribution in [0.25, 0.3) is 0 Å². The SMILES string of the molecule is NCCCC1(c2ccccc2)OC(c2cc(F)ccc2F)=NN1C(=O)c1ccccc1. The van der Waals surface area contributed by atoms with Gasteiger partial charge < -0.3 is 10.5 Å². The third-order valence-electron chi connectivity index (χ3n) is 5.12. The zero-order chi connectivity index (χ0) is 21.8. The van der Waals surface area contributed by atoms with E-state index in [1.54, 1.807) is 30.3 Å². The van der Waals surface area contributed by atoms with E-state index < -0.39 is 23.3 Å². The van der Waals surface area contributed by atoms with Crippen molar-refractivity contribution in [3.63, 3.8) is 0 Å². The van der Waals surface area contributed by atoms with Crippen molar-refractivity contribution in [2.24, 2.45) is 10.8 Å². The Balaban J connectivity index is 1.87. The number of hydrogen-bond donors (Lipinski definition) is 1. The highest BCUT2D eigenvalue weighted by atomic mass is 19.1. The molecule has 0 saturated heterocycles. The number of hydrogen-bond acceptors (Lipinski definition) is 4. The van der Waals surface area contributed by atoms with Gasteiger partial charge in [-0.15, -0.1) is 5.10 Å². The van der Waals surface area contributed by atoms with Gasteiger partial charge in [-0.3, -0.25) is 4.79 Å². The lowest BCUT2D eigenvalue weighted by Gasteiger charge is -2.35. The summed E-state index contributed by atoms with van der Waals surface area (Å²) in [5.41, 5.74) is 5.31. The Morgan fingerprint density at radius 2 is 1.68 bits per heavy atom. The first-order valence-electron chi connectivity index (χ1n) is 9.93. The van der Waals surface area contributed by atoms with Crippen LogP contribution in [0, 0.1) is 11.6 Å². The molecule has 158 valence electrons. The molecule has 2 N–H and O–H groups in total. The summed E-state index contributed by atoms with van der Waals surface area (Å²) >= 11 is 0. The molecule has 1 unspecified atom stereocenters. The van der Waals surface area contributed by atoms with Crippen molar-refractivity contribution >= 4 is 11.8 Å².